The summed E-state index contributed by atoms with van der Waals surface area (Å²) in [4.78, 5) is 25.4. The summed E-state index contributed by atoms with van der Waals surface area (Å²) in [7, 11) is 0. The summed E-state index contributed by atoms with van der Waals surface area (Å²) in [5, 5.41) is 15.0. The molecule has 0 aliphatic rings. The van der Waals surface area contributed by atoms with E-state index in [2.05, 4.69) is 30.4 Å². The molecule has 0 saturated heterocycles. The van der Waals surface area contributed by atoms with E-state index in [1.807, 2.05) is 6.92 Å². The molecule has 0 aliphatic heterocycles. The van der Waals surface area contributed by atoms with Crippen LogP contribution in [0.25, 0.3) is 11.0 Å². The molecule has 3 aromatic heterocycles. The Bertz CT molecular complexity index is 853. The molecule has 0 fully saturated rings. The molecule has 3 heterocycles. The second-order valence-electron chi connectivity index (χ2n) is 4.88. The average molecular weight is 380 g/mol. The molecule has 2 N–H and O–H groups in total. The molecule has 0 amide bonds. The Kier molecular flexibility index (Phi) is 7.18. The Morgan fingerprint density at radius 1 is 1.42 bits per heavy atom. The fourth-order valence-electron chi connectivity index (χ4n) is 2.01. The van der Waals surface area contributed by atoms with Crippen LogP contribution >= 0.6 is 11.6 Å². The van der Waals surface area contributed by atoms with Crippen LogP contribution in [0.5, 0.6) is 0 Å². The summed E-state index contributed by atoms with van der Waals surface area (Å²) >= 11 is 5.97. The van der Waals surface area contributed by atoms with Gasteiger partial charge in [0.1, 0.15) is 23.2 Å². The van der Waals surface area contributed by atoms with Crippen molar-refractivity contribution in [1.82, 2.24) is 29.7 Å². The van der Waals surface area contributed by atoms with E-state index in [-0.39, 0.29) is 5.28 Å². The molecule has 3 rings (SSSR count). The summed E-state index contributed by atoms with van der Waals surface area (Å²) in [5.74, 6) is 0.325. The van der Waals surface area contributed by atoms with Gasteiger partial charge in [0.15, 0.2) is 5.82 Å². The second kappa shape index (κ2) is 9.59. The van der Waals surface area contributed by atoms with E-state index >= 15 is 0 Å². The number of halogens is 1. The highest BCUT2D eigenvalue weighted by atomic mass is 35.5. The summed E-state index contributed by atoms with van der Waals surface area (Å²) in [6.45, 7) is 4.85. The zero-order valence-corrected chi connectivity index (χ0v) is 15.0. The molecule has 3 aromatic rings. The quantitative estimate of drug-likeness (QED) is 0.488. The van der Waals surface area contributed by atoms with Gasteiger partial charge in [0.2, 0.25) is 5.28 Å². The van der Waals surface area contributed by atoms with Crippen LogP contribution in [0, 0.1) is 0 Å². The van der Waals surface area contributed by atoms with E-state index < -0.39 is 5.97 Å². The van der Waals surface area contributed by atoms with Crippen LogP contribution in [0.1, 0.15) is 13.8 Å². The second-order valence-corrected chi connectivity index (χ2v) is 5.22. The molecule has 0 aliphatic carbocycles. The molecule has 0 unspecified atom stereocenters. The first kappa shape index (κ1) is 19.5. The number of nitrogens with one attached hydrogen (secondary N) is 1. The van der Waals surface area contributed by atoms with E-state index in [0.717, 1.165) is 12.4 Å². The first-order valence-corrected chi connectivity index (χ1v) is 8.08. The highest BCUT2D eigenvalue weighted by Gasteiger charge is 2.13. The largest absolute Gasteiger partial charge is 0.481 e. The minimum absolute atomic E-state index is 0.147. The Balaban J connectivity index is 0.000000552. The van der Waals surface area contributed by atoms with Crippen LogP contribution in [-0.2, 0) is 16.1 Å². The number of rotatable bonds is 6. The van der Waals surface area contributed by atoms with Gasteiger partial charge in [-0.15, -0.1) is 0 Å². The highest BCUT2D eigenvalue weighted by molar-refractivity contribution is 6.28. The molecular weight excluding hydrogens is 362 g/mol. The summed E-state index contributed by atoms with van der Waals surface area (Å²) < 4.78 is 7.15. The minimum atomic E-state index is -0.833. The molecule has 0 bridgehead atoms. The Hall–Kier alpha value is -2.85. The number of fused-ring (bicyclic) bond motifs is 1. The standard InChI is InChI=1S/C13H14ClN7O.C2H4O2/c1-2-22-6-5-21-11-9(7-17-21)18-13(14)20-12(11)19-10-3-4-15-8-16-10;1-2(3)4/h3-4,7-8H,2,5-6H2,1H3,(H,15,16,18,19,20);1H3,(H,3,4). The molecule has 11 heteroatoms. The molecular formula is C15H18ClN7O3. The molecule has 10 nitrogen and oxygen atoms in total. The van der Waals surface area contributed by atoms with Crippen molar-refractivity contribution in [2.24, 2.45) is 0 Å². The molecule has 0 spiro atoms. The number of nitrogens with zero attached hydrogens (tertiary/aromatic N) is 6. The number of hydrogen-bond acceptors (Lipinski definition) is 8. The van der Waals surface area contributed by atoms with Crippen molar-refractivity contribution in [3.63, 3.8) is 0 Å². The molecule has 0 aromatic carbocycles. The van der Waals surface area contributed by atoms with Gasteiger partial charge in [-0.3, -0.25) is 9.48 Å². The number of ether oxygens (including phenoxy) is 1. The maximum atomic E-state index is 9.00. The Morgan fingerprint density at radius 3 is 2.85 bits per heavy atom. The van der Waals surface area contributed by atoms with Crippen molar-refractivity contribution in [1.29, 1.82) is 0 Å². The van der Waals surface area contributed by atoms with Crippen molar-refractivity contribution >= 4 is 40.2 Å². The van der Waals surface area contributed by atoms with Gasteiger partial charge < -0.3 is 15.2 Å². The SMILES string of the molecule is CC(=O)O.CCOCCn1ncc2nc(Cl)nc(Nc3ccncn3)c21. The minimum Gasteiger partial charge on any atom is -0.481 e. The number of carbonyl (C=O) groups is 1. The number of aromatic nitrogens is 6. The predicted molar refractivity (Wildman–Crippen MR) is 95.5 cm³/mol. The van der Waals surface area contributed by atoms with Gasteiger partial charge in [-0.1, -0.05) is 0 Å². The summed E-state index contributed by atoms with van der Waals surface area (Å²) in [6, 6.07) is 1.74. The highest BCUT2D eigenvalue weighted by Crippen LogP contribution is 2.24. The van der Waals surface area contributed by atoms with E-state index in [4.69, 9.17) is 26.2 Å². The van der Waals surface area contributed by atoms with E-state index in [0.29, 0.717) is 36.9 Å². The van der Waals surface area contributed by atoms with Gasteiger partial charge in [0, 0.05) is 19.7 Å². The number of hydrogen-bond donors (Lipinski definition) is 2. The number of carboxylic acid groups (broad SMARTS) is 1. The first-order valence-electron chi connectivity index (χ1n) is 7.70. The third-order valence-electron chi connectivity index (χ3n) is 2.94. The van der Waals surface area contributed by atoms with Gasteiger partial charge in [0.25, 0.3) is 5.97 Å². The van der Waals surface area contributed by atoms with Gasteiger partial charge in [-0.2, -0.15) is 10.1 Å². The molecule has 138 valence electrons. The van der Waals surface area contributed by atoms with Crippen LogP contribution in [0.2, 0.25) is 5.28 Å². The van der Waals surface area contributed by atoms with E-state index in [9.17, 15) is 0 Å². The van der Waals surface area contributed by atoms with Crippen molar-refractivity contribution in [3.05, 3.63) is 30.1 Å². The van der Waals surface area contributed by atoms with Crippen LogP contribution in [0.4, 0.5) is 11.6 Å². The number of anilines is 2. The van der Waals surface area contributed by atoms with E-state index in [1.54, 1.807) is 23.1 Å². The number of aliphatic carboxylic acids is 1. The maximum absolute atomic E-state index is 9.00. The smallest absolute Gasteiger partial charge is 0.300 e. The third kappa shape index (κ3) is 5.60. The Labute approximate surface area is 154 Å². The van der Waals surface area contributed by atoms with Crippen LogP contribution in [0.3, 0.4) is 0 Å². The lowest BCUT2D eigenvalue weighted by molar-refractivity contribution is -0.134. The van der Waals surface area contributed by atoms with Crippen LogP contribution < -0.4 is 5.32 Å². The topological polar surface area (TPSA) is 128 Å². The van der Waals surface area contributed by atoms with Crippen LogP contribution in [-0.4, -0.2) is 54.0 Å². The van der Waals surface area contributed by atoms with Crippen LogP contribution in [0.15, 0.2) is 24.8 Å². The predicted octanol–water partition coefficient (Wildman–Crippen LogP) is 2.14. The average Bonchev–Trinajstić information content (AvgIpc) is 2.98. The van der Waals surface area contributed by atoms with Crippen molar-refractivity contribution in [2.75, 3.05) is 18.5 Å². The normalized spacial score (nSPS) is 10.3. The monoisotopic (exact) mass is 379 g/mol. The van der Waals surface area contributed by atoms with Gasteiger partial charge in [0.05, 0.1) is 19.3 Å². The Morgan fingerprint density at radius 2 is 2.19 bits per heavy atom. The summed E-state index contributed by atoms with van der Waals surface area (Å²) in [6.07, 6.45) is 4.75. The van der Waals surface area contributed by atoms with E-state index in [1.165, 1.54) is 6.33 Å². The van der Waals surface area contributed by atoms with Gasteiger partial charge in [-0.05, 0) is 24.6 Å². The van der Waals surface area contributed by atoms with Gasteiger partial charge >= 0.3 is 0 Å². The third-order valence-corrected chi connectivity index (χ3v) is 3.11. The molecule has 0 saturated carbocycles. The maximum Gasteiger partial charge on any atom is 0.300 e. The molecule has 26 heavy (non-hydrogen) atoms. The summed E-state index contributed by atoms with van der Waals surface area (Å²) in [5.41, 5.74) is 1.41. The zero-order valence-electron chi connectivity index (χ0n) is 14.3. The lowest BCUT2D eigenvalue weighted by Crippen LogP contribution is -2.09. The van der Waals surface area contributed by atoms with Crippen molar-refractivity contribution in [2.45, 2.75) is 20.4 Å². The molecule has 0 radical (unpaired) electrons. The lowest BCUT2D eigenvalue weighted by atomic mass is 10.4. The zero-order chi connectivity index (χ0) is 18.9. The first-order chi connectivity index (χ1) is 12.5. The lowest BCUT2D eigenvalue weighted by Gasteiger charge is -2.09. The molecule has 0 atom stereocenters. The van der Waals surface area contributed by atoms with Crippen molar-refractivity contribution in [3.8, 4) is 0 Å². The number of carboxylic acids is 1. The van der Waals surface area contributed by atoms with Gasteiger partial charge in [-0.25, -0.2) is 15.0 Å². The fraction of sp³-hybridized carbons (Fsp3) is 0.333. The van der Waals surface area contributed by atoms with Crippen molar-refractivity contribution < 1.29 is 14.6 Å². The fourth-order valence-corrected chi connectivity index (χ4v) is 2.18.